The average molecular weight is 382 g/mol. The van der Waals surface area contributed by atoms with Crippen LogP contribution in [0.5, 0.6) is 0 Å². The van der Waals surface area contributed by atoms with E-state index in [1.54, 1.807) is 11.8 Å². The summed E-state index contributed by atoms with van der Waals surface area (Å²) in [5.41, 5.74) is 0.847. The molecule has 104 valence electrons. The Balaban J connectivity index is 2.26. The summed E-state index contributed by atoms with van der Waals surface area (Å²) in [7, 11) is 0. The maximum absolute atomic E-state index is 12.5. The Hall–Kier alpha value is -1.42. The van der Waals surface area contributed by atoms with Gasteiger partial charge in [-0.25, -0.2) is 0 Å². The van der Waals surface area contributed by atoms with Crippen molar-refractivity contribution >= 4 is 40.0 Å². The van der Waals surface area contributed by atoms with Gasteiger partial charge in [0.25, 0.3) is 0 Å². The van der Waals surface area contributed by atoms with E-state index in [-0.39, 0.29) is 11.7 Å². The van der Waals surface area contributed by atoms with Gasteiger partial charge in [0, 0.05) is 10.1 Å². The number of halogens is 1. The maximum Gasteiger partial charge on any atom is 0.237 e. The normalized spacial score (nSPS) is 20.4. The number of carbonyl (C=O) groups is 2. The number of amides is 1. The zero-order valence-corrected chi connectivity index (χ0v) is 13.3. The van der Waals surface area contributed by atoms with Crippen LogP contribution in [0.25, 0.3) is 0 Å². The minimum Gasteiger partial charge on any atom is -0.311 e. The summed E-state index contributed by atoms with van der Waals surface area (Å²) in [4.78, 5) is 26.3. The molecule has 0 N–H and O–H groups in total. The summed E-state index contributed by atoms with van der Waals surface area (Å²) in [5.74, 6) is -1.83. The number of para-hydroxylation sites is 1. The standard InChI is InChI=1S/C15H15IN2O2/c1-10(9-17)14(19)11-5-4-8-18(15(11)20)13-7-3-2-6-12(13)16/h2-3,6-7,10-11H,4-5,8H2,1H3/t10-,11+/m1/s1. The second kappa shape index (κ2) is 6.35. The van der Waals surface area contributed by atoms with Crippen molar-refractivity contribution in [3.05, 3.63) is 27.8 Å². The molecule has 2 atom stereocenters. The summed E-state index contributed by atoms with van der Waals surface area (Å²) in [6.07, 6.45) is 1.33. The summed E-state index contributed by atoms with van der Waals surface area (Å²) in [5, 5.41) is 8.85. The smallest absolute Gasteiger partial charge is 0.237 e. The topological polar surface area (TPSA) is 61.2 Å². The van der Waals surface area contributed by atoms with Gasteiger partial charge in [-0.15, -0.1) is 0 Å². The molecule has 0 spiro atoms. The van der Waals surface area contributed by atoms with Gasteiger partial charge >= 0.3 is 0 Å². The molecule has 0 aliphatic carbocycles. The van der Waals surface area contributed by atoms with E-state index in [1.165, 1.54) is 0 Å². The number of hydrogen-bond acceptors (Lipinski definition) is 3. The number of ketones is 1. The second-order valence-electron chi connectivity index (χ2n) is 4.89. The first-order chi connectivity index (χ1) is 9.56. The van der Waals surface area contributed by atoms with E-state index in [9.17, 15) is 9.59 Å². The Bertz CT molecular complexity index is 579. The van der Waals surface area contributed by atoms with E-state index in [4.69, 9.17) is 5.26 Å². The lowest BCUT2D eigenvalue weighted by Crippen LogP contribution is -2.45. The zero-order chi connectivity index (χ0) is 14.7. The Morgan fingerprint density at radius 3 is 2.85 bits per heavy atom. The van der Waals surface area contributed by atoms with Crippen LogP contribution in [0.3, 0.4) is 0 Å². The number of nitrogens with zero attached hydrogens (tertiary/aromatic N) is 2. The molecule has 5 heteroatoms. The van der Waals surface area contributed by atoms with E-state index in [1.807, 2.05) is 30.3 Å². The van der Waals surface area contributed by atoms with Gasteiger partial charge < -0.3 is 4.90 Å². The summed E-state index contributed by atoms with van der Waals surface area (Å²) in [6.45, 7) is 2.18. The second-order valence-corrected chi connectivity index (χ2v) is 6.05. The molecule has 1 saturated heterocycles. The van der Waals surface area contributed by atoms with Gasteiger partial charge in [-0.05, 0) is 54.5 Å². The first-order valence-electron chi connectivity index (χ1n) is 6.55. The van der Waals surface area contributed by atoms with Crippen molar-refractivity contribution in [3.63, 3.8) is 0 Å². The number of rotatable bonds is 3. The van der Waals surface area contributed by atoms with Gasteiger partial charge in [-0.1, -0.05) is 12.1 Å². The van der Waals surface area contributed by atoms with E-state index in [0.717, 1.165) is 15.7 Å². The van der Waals surface area contributed by atoms with E-state index < -0.39 is 11.8 Å². The average Bonchev–Trinajstić information content (AvgIpc) is 2.47. The third-order valence-electron chi connectivity index (χ3n) is 3.55. The molecule has 0 aromatic heterocycles. The van der Waals surface area contributed by atoms with Crippen LogP contribution in [0.4, 0.5) is 5.69 Å². The van der Waals surface area contributed by atoms with Gasteiger partial charge in [-0.3, -0.25) is 9.59 Å². The quantitative estimate of drug-likeness (QED) is 0.597. The van der Waals surface area contributed by atoms with Crippen LogP contribution in [0.1, 0.15) is 19.8 Å². The number of hydrogen-bond donors (Lipinski definition) is 0. The van der Waals surface area contributed by atoms with Crippen molar-refractivity contribution in [2.75, 3.05) is 11.4 Å². The fourth-order valence-electron chi connectivity index (χ4n) is 2.41. The third kappa shape index (κ3) is 2.85. The number of anilines is 1. The van der Waals surface area contributed by atoms with Gasteiger partial charge in [0.1, 0.15) is 5.92 Å². The predicted molar refractivity (Wildman–Crippen MR) is 84.0 cm³/mol. The molecule has 1 aliphatic rings. The van der Waals surface area contributed by atoms with Gasteiger partial charge in [-0.2, -0.15) is 5.26 Å². The lowest BCUT2D eigenvalue weighted by atomic mass is 9.87. The van der Waals surface area contributed by atoms with Crippen molar-refractivity contribution in [1.82, 2.24) is 0 Å². The molecule has 1 amide bonds. The highest BCUT2D eigenvalue weighted by molar-refractivity contribution is 14.1. The highest BCUT2D eigenvalue weighted by atomic mass is 127. The molecular weight excluding hydrogens is 367 g/mol. The van der Waals surface area contributed by atoms with Gasteiger partial charge in [0.2, 0.25) is 5.91 Å². The largest absolute Gasteiger partial charge is 0.311 e. The fraction of sp³-hybridized carbons (Fsp3) is 0.400. The molecule has 0 saturated carbocycles. The summed E-state index contributed by atoms with van der Waals surface area (Å²) < 4.78 is 0.986. The highest BCUT2D eigenvalue weighted by Gasteiger charge is 2.37. The fourth-order valence-corrected chi connectivity index (χ4v) is 3.09. The van der Waals surface area contributed by atoms with Crippen LogP contribution in [0.2, 0.25) is 0 Å². The predicted octanol–water partition coefficient (Wildman–Crippen LogP) is 2.76. The Kier molecular flexibility index (Phi) is 4.76. The van der Waals surface area contributed by atoms with Crippen LogP contribution in [-0.2, 0) is 9.59 Å². The highest BCUT2D eigenvalue weighted by Crippen LogP contribution is 2.29. The third-order valence-corrected chi connectivity index (χ3v) is 4.46. The molecule has 4 nitrogen and oxygen atoms in total. The minimum absolute atomic E-state index is 0.174. The van der Waals surface area contributed by atoms with E-state index in [0.29, 0.717) is 13.0 Å². The van der Waals surface area contributed by atoms with E-state index >= 15 is 0 Å². The number of benzene rings is 1. The van der Waals surface area contributed by atoms with Crippen molar-refractivity contribution in [3.8, 4) is 6.07 Å². The van der Waals surface area contributed by atoms with Crippen molar-refractivity contribution in [1.29, 1.82) is 5.26 Å². The first kappa shape index (κ1) is 15.0. The van der Waals surface area contributed by atoms with Crippen LogP contribution in [-0.4, -0.2) is 18.2 Å². The Morgan fingerprint density at radius 1 is 1.50 bits per heavy atom. The Labute approximate surface area is 131 Å². The Morgan fingerprint density at radius 2 is 2.20 bits per heavy atom. The molecule has 2 rings (SSSR count). The van der Waals surface area contributed by atoms with Crippen LogP contribution in [0.15, 0.2) is 24.3 Å². The van der Waals surface area contributed by atoms with Crippen molar-refractivity contribution in [2.45, 2.75) is 19.8 Å². The van der Waals surface area contributed by atoms with E-state index in [2.05, 4.69) is 22.6 Å². The molecular formula is C15H15IN2O2. The lowest BCUT2D eigenvalue weighted by Gasteiger charge is -2.32. The first-order valence-corrected chi connectivity index (χ1v) is 7.63. The van der Waals surface area contributed by atoms with Crippen LogP contribution >= 0.6 is 22.6 Å². The molecule has 1 aliphatic heterocycles. The molecule has 0 radical (unpaired) electrons. The number of nitriles is 1. The molecule has 1 heterocycles. The molecule has 1 fully saturated rings. The summed E-state index contributed by atoms with van der Waals surface area (Å²) in [6, 6.07) is 9.55. The maximum atomic E-state index is 12.5. The zero-order valence-electron chi connectivity index (χ0n) is 11.2. The van der Waals surface area contributed by atoms with Gasteiger partial charge in [0.05, 0.1) is 17.7 Å². The monoisotopic (exact) mass is 382 g/mol. The molecule has 0 bridgehead atoms. The molecule has 1 aromatic carbocycles. The molecule has 0 unspecified atom stereocenters. The van der Waals surface area contributed by atoms with Crippen molar-refractivity contribution in [2.24, 2.45) is 11.8 Å². The number of Topliss-reactive ketones (excluding diaryl/α,β-unsaturated/α-hetero) is 1. The SMILES string of the molecule is C[C@H](C#N)C(=O)[C@@H]1CCCN(c2ccccc2I)C1=O. The van der Waals surface area contributed by atoms with Crippen molar-refractivity contribution < 1.29 is 9.59 Å². The number of carbonyl (C=O) groups excluding carboxylic acids is 2. The van der Waals surface area contributed by atoms with Crippen LogP contribution < -0.4 is 4.90 Å². The van der Waals surface area contributed by atoms with Crippen LogP contribution in [0, 0.1) is 26.7 Å². The minimum atomic E-state index is -0.723. The lowest BCUT2D eigenvalue weighted by molar-refractivity contribution is -0.135. The molecule has 1 aromatic rings. The molecule has 20 heavy (non-hydrogen) atoms. The summed E-state index contributed by atoms with van der Waals surface area (Å²) >= 11 is 2.19. The number of piperidine rings is 1. The van der Waals surface area contributed by atoms with Gasteiger partial charge in [0.15, 0.2) is 5.78 Å².